The molecule has 1 aromatic rings. The standard InChI is InChI=1S/C8H14N2O2Si/c1-6-5-9-8(10-7(6)11)12-13(2,3)4/h5H,1-4H3,(H,9,10,11). The number of nitrogens with one attached hydrogen (secondary N) is 1. The van der Waals surface area contributed by atoms with E-state index in [0.717, 1.165) is 0 Å². The highest BCUT2D eigenvalue weighted by Crippen LogP contribution is 2.07. The predicted octanol–water partition coefficient (Wildman–Crippen LogP) is 1.29. The summed E-state index contributed by atoms with van der Waals surface area (Å²) in [5.41, 5.74) is 0.464. The first kappa shape index (κ1) is 9.98. The van der Waals surface area contributed by atoms with Gasteiger partial charge in [0.15, 0.2) is 0 Å². The molecule has 0 unspecified atom stereocenters. The van der Waals surface area contributed by atoms with Crippen molar-refractivity contribution in [3.63, 3.8) is 0 Å². The second-order valence-electron chi connectivity index (χ2n) is 3.91. The summed E-state index contributed by atoms with van der Waals surface area (Å²) in [6, 6.07) is 0.328. The van der Waals surface area contributed by atoms with Gasteiger partial charge in [-0.15, -0.1) is 0 Å². The molecule has 1 rings (SSSR count). The molecule has 0 atom stereocenters. The van der Waals surface area contributed by atoms with Crippen LogP contribution in [0.5, 0.6) is 6.01 Å². The Morgan fingerprint density at radius 1 is 1.46 bits per heavy atom. The zero-order valence-corrected chi connectivity index (χ0v) is 9.34. The van der Waals surface area contributed by atoms with Crippen molar-refractivity contribution < 1.29 is 4.43 Å². The lowest BCUT2D eigenvalue weighted by molar-refractivity contribution is 0.506. The van der Waals surface area contributed by atoms with Gasteiger partial charge in [0.25, 0.3) is 11.6 Å². The van der Waals surface area contributed by atoms with Crippen molar-refractivity contribution >= 4 is 8.32 Å². The summed E-state index contributed by atoms with van der Waals surface area (Å²) < 4.78 is 5.51. The fourth-order valence-electron chi connectivity index (χ4n) is 0.784. The summed E-state index contributed by atoms with van der Waals surface area (Å²) in [5, 5.41) is 0. The van der Waals surface area contributed by atoms with Gasteiger partial charge in [0.1, 0.15) is 0 Å². The van der Waals surface area contributed by atoms with E-state index < -0.39 is 8.32 Å². The smallest absolute Gasteiger partial charge is 0.282 e. The van der Waals surface area contributed by atoms with E-state index in [0.29, 0.717) is 11.6 Å². The van der Waals surface area contributed by atoms with Crippen LogP contribution in [0.15, 0.2) is 11.0 Å². The van der Waals surface area contributed by atoms with Crippen molar-refractivity contribution in [3.05, 3.63) is 22.1 Å². The van der Waals surface area contributed by atoms with Crippen molar-refractivity contribution in [2.75, 3.05) is 0 Å². The molecule has 0 aliphatic carbocycles. The van der Waals surface area contributed by atoms with E-state index in [4.69, 9.17) is 4.43 Å². The molecule has 0 aliphatic heterocycles. The maximum Gasteiger partial charge on any atom is 0.282 e. The van der Waals surface area contributed by atoms with E-state index in [2.05, 4.69) is 9.97 Å². The van der Waals surface area contributed by atoms with Gasteiger partial charge in [-0.25, -0.2) is 4.98 Å². The lowest BCUT2D eigenvalue weighted by Gasteiger charge is -2.17. The molecule has 13 heavy (non-hydrogen) atoms. The van der Waals surface area contributed by atoms with Crippen LogP contribution in [0.25, 0.3) is 0 Å². The molecule has 0 bridgehead atoms. The topological polar surface area (TPSA) is 55.0 Å². The monoisotopic (exact) mass is 198 g/mol. The van der Waals surface area contributed by atoms with Crippen LogP contribution in [-0.2, 0) is 0 Å². The molecule has 0 fully saturated rings. The Balaban J connectivity index is 2.93. The second kappa shape index (κ2) is 3.33. The molecule has 0 radical (unpaired) electrons. The Bertz CT molecular complexity index is 354. The average molecular weight is 198 g/mol. The number of rotatable bonds is 2. The summed E-state index contributed by atoms with van der Waals surface area (Å²) in [5.74, 6) is 0. The lowest BCUT2D eigenvalue weighted by atomic mass is 10.4. The normalized spacial score (nSPS) is 11.4. The Labute approximate surface area is 78.1 Å². The maximum absolute atomic E-state index is 11.2. The van der Waals surface area contributed by atoms with Crippen LogP contribution in [0.1, 0.15) is 5.56 Å². The molecule has 4 nitrogen and oxygen atoms in total. The molecule has 0 saturated heterocycles. The van der Waals surface area contributed by atoms with Gasteiger partial charge >= 0.3 is 0 Å². The third-order valence-corrected chi connectivity index (χ3v) is 2.16. The lowest BCUT2D eigenvalue weighted by Crippen LogP contribution is -2.31. The zero-order chi connectivity index (χ0) is 10.1. The van der Waals surface area contributed by atoms with Crippen molar-refractivity contribution in [1.29, 1.82) is 0 Å². The molecule has 72 valence electrons. The third-order valence-electron chi connectivity index (χ3n) is 1.36. The average Bonchev–Trinajstić information content (AvgIpc) is 1.94. The second-order valence-corrected chi connectivity index (χ2v) is 8.34. The highest BCUT2D eigenvalue weighted by atomic mass is 28.4. The van der Waals surface area contributed by atoms with Gasteiger partial charge in [0.05, 0.1) is 0 Å². The number of hydrogen-bond acceptors (Lipinski definition) is 3. The van der Waals surface area contributed by atoms with Gasteiger partial charge in [0.2, 0.25) is 8.32 Å². The number of H-pyrrole nitrogens is 1. The van der Waals surface area contributed by atoms with Gasteiger partial charge < -0.3 is 4.43 Å². The fraction of sp³-hybridized carbons (Fsp3) is 0.500. The number of aryl methyl sites for hydroxylation is 1. The Kier molecular flexibility index (Phi) is 2.56. The Morgan fingerprint density at radius 2 is 2.08 bits per heavy atom. The summed E-state index contributed by atoms with van der Waals surface area (Å²) in [6.07, 6.45) is 1.52. The molecule has 0 saturated carbocycles. The maximum atomic E-state index is 11.2. The van der Waals surface area contributed by atoms with Gasteiger partial charge in [0, 0.05) is 11.8 Å². The molecule has 1 aromatic heterocycles. The highest BCUT2D eigenvalue weighted by Gasteiger charge is 2.17. The molecular weight excluding hydrogens is 184 g/mol. The van der Waals surface area contributed by atoms with Crippen molar-refractivity contribution in [1.82, 2.24) is 9.97 Å². The van der Waals surface area contributed by atoms with E-state index in [9.17, 15) is 4.79 Å². The highest BCUT2D eigenvalue weighted by molar-refractivity contribution is 6.70. The predicted molar refractivity (Wildman–Crippen MR) is 53.6 cm³/mol. The fourth-order valence-corrected chi connectivity index (χ4v) is 1.47. The van der Waals surface area contributed by atoms with E-state index in [1.165, 1.54) is 6.20 Å². The van der Waals surface area contributed by atoms with Crippen LogP contribution in [0.2, 0.25) is 19.6 Å². The quantitative estimate of drug-likeness (QED) is 0.729. The first-order valence-electron chi connectivity index (χ1n) is 4.13. The molecule has 0 amide bonds. The molecule has 0 spiro atoms. The molecular formula is C8H14N2O2Si. The van der Waals surface area contributed by atoms with Crippen molar-refractivity contribution in [2.45, 2.75) is 26.6 Å². The van der Waals surface area contributed by atoms with Crippen LogP contribution in [0.3, 0.4) is 0 Å². The van der Waals surface area contributed by atoms with Gasteiger partial charge in [-0.05, 0) is 26.6 Å². The Morgan fingerprint density at radius 3 is 2.54 bits per heavy atom. The first-order chi connectivity index (χ1) is 5.88. The third kappa shape index (κ3) is 3.02. The number of hydrogen-bond donors (Lipinski definition) is 1. The minimum Gasteiger partial charge on any atom is -0.519 e. The van der Waals surface area contributed by atoms with E-state index in [-0.39, 0.29) is 5.56 Å². The van der Waals surface area contributed by atoms with Crippen LogP contribution in [0.4, 0.5) is 0 Å². The first-order valence-corrected chi connectivity index (χ1v) is 7.54. The van der Waals surface area contributed by atoms with Crippen molar-refractivity contribution in [3.8, 4) is 6.01 Å². The summed E-state index contributed by atoms with van der Waals surface area (Å²) in [7, 11) is -1.67. The van der Waals surface area contributed by atoms with Crippen LogP contribution < -0.4 is 9.99 Å². The molecule has 0 aromatic carbocycles. The van der Waals surface area contributed by atoms with Gasteiger partial charge in [-0.2, -0.15) is 0 Å². The van der Waals surface area contributed by atoms with Crippen LogP contribution in [-0.4, -0.2) is 18.3 Å². The molecule has 1 N–H and O–H groups in total. The molecule has 0 aliphatic rings. The Hall–Kier alpha value is -1.10. The minimum atomic E-state index is -1.67. The summed E-state index contributed by atoms with van der Waals surface area (Å²) in [4.78, 5) is 17.7. The largest absolute Gasteiger partial charge is 0.519 e. The summed E-state index contributed by atoms with van der Waals surface area (Å²) in [6.45, 7) is 7.82. The number of nitrogens with zero attached hydrogens (tertiary/aromatic N) is 1. The SMILES string of the molecule is Cc1cnc(O[Si](C)(C)C)[nH]c1=O. The van der Waals surface area contributed by atoms with Crippen LogP contribution >= 0.6 is 0 Å². The number of aromatic nitrogens is 2. The van der Waals surface area contributed by atoms with Crippen molar-refractivity contribution in [2.24, 2.45) is 0 Å². The van der Waals surface area contributed by atoms with Crippen LogP contribution in [0, 0.1) is 6.92 Å². The number of aromatic amines is 1. The van der Waals surface area contributed by atoms with E-state index >= 15 is 0 Å². The van der Waals surface area contributed by atoms with E-state index in [1.807, 2.05) is 19.6 Å². The zero-order valence-electron chi connectivity index (χ0n) is 8.34. The van der Waals surface area contributed by atoms with E-state index in [1.54, 1.807) is 6.92 Å². The minimum absolute atomic E-state index is 0.136. The summed E-state index contributed by atoms with van der Waals surface area (Å²) >= 11 is 0. The van der Waals surface area contributed by atoms with Gasteiger partial charge in [-0.3, -0.25) is 9.78 Å². The molecule has 5 heteroatoms. The van der Waals surface area contributed by atoms with Gasteiger partial charge in [-0.1, -0.05) is 0 Å². The molecule has 1 heterocycles.